The molecule has 1 N–H and O–H groups in total. The van der Waals surface area contributed by atoms with E-state index < -0.39 is 0 Å². The van der Waals surface area contributed by atoms with Crippen LogP contribution in [0.15, 0.2) is 36.4 Å². The number of ether oxygens (including phenoxy) is 3. The maximum Gasteiger partial charge on any atom is 0.231 e. The molecule has 0 aliphatic carbocycles. The van der Waals surface area contributed by atoms with Crippen LogP contribution < -0.4 is 14.8 Å². The third-order valence-corrected chi connectivity index (χ3v) is 5.58. The topological polar surface area (TPSA) is 43.0 Å². The molecule has 28 heavy (non-hydrogen) atoms. The van der Waals surface area contributed by atoms with Gasteiger partial charge in [-0.05, 0) is 67.4 Å². The molecule has 0 aromatic heterocycles. The molecule has 148 valence electrons. The maximum absolute atomic E-state index is 6.16. The molecule has 1 atom stereocenters. The van der Waals surface area contributed by atoms with Gasteiger partial charge in [0.2, 0.25) is 6.79 Å². The van der Waals surface area contributed by atoms with Crippen LogP contribution in [0.25, 0.3) is 0 Å². The van der Waals surface area contributed by atoms with Gasteiger partial charge in [0.25, 0.3) is 0 Å². The molecule has 0 bridgehead atoms. The quantitative estimate of drug-likeness (QED) is 0.706. The second-order valence-corrected chi connectivity index (χ2v) is 7.92. The fraction of sp³-hybridized carbons (Fsp3) is 0.381. The Hall–Kier alpha value is -2.02. The first-order valence-corrected chi connectivity index (χ1v) is 10.2. The lowest BCUT2D eigenvalue weighted by molar-refractivity contribution is 0.0905. The van der Waals surface area contributed by atoms with Gasteiger partial charge in [0, 0.05) is 30.4 Å². The number of nitrogens with zero attached hydrogens (tertiary/aromatic N) is 1. The Morgan fingerprint density at radius 2 is 2.07 bits per heavy atom. The van der Waals surface area contributed by atoms with Crippen LogP contribution in [0.5, 0.6) is 11.5 Å². The Bertz CT molecular complexity index is 871. The first-order chi connectivity index (χ1) is 13.6. The fourth-order valence-corrected chi connectivity index (χ4v) is 3.86. The lowest BCUT2D eigenvalue weighted by atomic mass is 10.1. The number of aryl methyl sites for hydroxylation is 1. The van der Waals surface area contributed by atoms with Gasteiger partial charge in [0.1, 0.15) is 0 Å². The van der Waals surface area contributed by atoms with Crippen molar-refractivity contribution in [1.82, 2.24) is 4.90 Å². The van der Waals surface area contributed by atoms with Crippen molar-refractivity contribution in [2.75, 3.05) is 25.3 Å². The van der Waals surface area contributed by atoms with Gasteiger partial charge < -0.3 is 24.4 Å². The molecule has 0 saturated carbocycles. The average Bonchev–Trinajstić information content (AvgIpc) is 3.35. The molecule has 4 rings (SSSR count). The van der Waals surface area contributed by atoms with E-state index in [1.54, 1.807) is 0 Å². The zero-order valence-corrected chi connectivity index (χ0v) is 17.3. The number of fused-ring (bicyclic) bond motifs is 1. The molecular formula is C21H23ClN2O3S. The summed E-state index contributed by atoms with van der Waals surface area (Å²) in [6, 6.07) is 11.8. The van der Waals surface area contributed by atoms with Gasteiger partial charge in [0.15, 0.2) is 16.6 Å². The monoisotopic (exact) mass is 418 g/mol. The highest BCUT2D eigenvalue weighted by Crippen LogP contribution is 2.33. The van der Waals surface area contributed by atoms with Crippen LogP contribution >= 0.6 is 23.8 Å². The van der Waals surface area contributed by atoms with Crippen LogP contribution in [0, 0.1) is 6.92 Å². The van der Waals surface area contributed by atoms with Gasteiger partial charge in [-0.3, -0.25) is 0 Å². The van der Waals surface area contributed by atoms with Crippen molar-refractivity contribution in [1.29, 1.82) is 0 Å². The third kappa shape index (κ3) is 4.51. The third-order valence-electron chi connectivity index (χ3n) is 4.99. The molecule has 0 spiro atoms. The normalized spacial score (nSPS) is 17.6. The van der Waals surface area contributed by atoms with Crippen LogP contribution in [0.2, 0.25) is 5.02 Å². The Morgan fingerprint density at radius 3 is 2.89 bits per heavy atom. The Kier molecular flexibility index (Phi) is 5.90. The Balaban J connectivity index is 1.52. The fourth-order valence-electron chi connectivity index (χ4n) is 3.44. The molecule has 0 radical (unpaired) electrons. The van der Waals surface area contributed by atoms with Crippen molar-refractivity contribution in [3.8, 4) is 11.5 Å². The molecule has 2 aliphatic heterocycles. The Morgan fingerprint density at radius 1 is 1.21 bits per heavy atom. The molecule has 2 aromatic carbocycles. The van der Waals surface area contributed by atoms with Gasteiger partial charge in [-0.1, -0.05) is 23.7 Å². The molecular weight excluding hydrogens is 396 g/mol. The van der Waals surface area contributed by atoms with Crippen LogP contribution in [-0.2, 0) is 11.3 Å². The zero-order chi connectivity index (χ0) is 19.5. The minimum absolute atomic E-state index is 0.189. The van der Waals surface area contributed by atoms with Crippen molar-refractivity contribution in [3.05, 3.63) is 52.5 Å². The summed E-state index contributed by atoms with van der Waals surface area (Å²) >= 11 is 11.9. The number of hydrogen-bond donors (Lipinski definition) is 1. The lowest BCUT2D eigenvalue weighted by Gasteiger charge is -2.29. The predicted octanol–water partition coefficient (Wildman–Crippen LogP) is 4.76. The van der Waals surface area contributed by atoms with E-state index in [9.17, 15) is 0 Å². The van der Waals surface area contributed by atoms with E-state index in [-0.39, 0.29) is 12.9 Å². The van der Waals surface area contributed by atoms with Crippen molar-refractivity contribution in [2.24, 2.45) is 0 Å². The Labute approximate surface area is 175 Å². The molecule has 2 aliphatic rings. The summed E-state index contributed by atoms with van der Waals surface area (Å²) < 4.78 is 16.8. The lowest BCUT2D eigenvalue weighted by Crippen LogP contribution is -2.39. The van der Waals surface area contributed by atoms with E-state index in [4.69, 9.17) is 38.0 Å². The summed E-state index contributed by atoms with van der Waals surface area (Å²) in [6.45, 7) is 4.51. The number of anilines is 1. The molecule has 1 unspecified atom stereocenters. The van der Waals surface area contributed by atoms with E-state index in [2.05, 4.69) is 10.2 Å². The van der Waals surface area contributed by atoms with Crippen molar-refractivity contribution in [3.63, 3.8) is 0 Å². The minimum atomic E-state index is 0.189. The SMILES string of the molecule is Cc1ccc(Cl)cc1NC(=S)N(Cc1ccc2c(c1)OCO2)CC1CCCO1. The van der Waals surface area contributed by atoms with Gasteiger partial charge in [-0.15, -0.1) is 0 Å². The van der Waals surface area contributed by atoms with E-state index in [1.807, 2.05) is 43.3 Å². The summed E-state index contributed by atoms with van der Waals surface area (Å²) in [4.78, 5) is 2.14. The van der Waals surface area contributed by atoms with E-state index >= 15 is 0 Å². The standard InChI is InChI=1S/C21H23ClN2O3S/c1-14-4-6-16(22)10-18(14)23-21(28)24(12-17-3-2-8-25-17)11-15-5-7-19-20(9-15)27-13-26-19/h4-7,9-10,17H,2-3,8,11-13H2,1H3,(H,23,28). The largest absolute Gasteiger partial charge is 0.454 e. The highest BCUT2D eigenvalue weighted by molar-refractivity contribution is 7.80. The van der Waals surface area contributed by atoms with Gasteiger partial charge in [0.05, 0.1) is 6.10 Å². The van der Waals surface area contributed by atoms with Gasteiger partial charge in [-0.25, -0.2) is 0 Å². The van der Waals surface area contributed by atoms with Crippen LogP contribution in [0.3, 0.4) is 0 Å². The number of rotatable bonds is 5. The molecule has 5 nitrogen and oxygen atoms in total. The molecule has 7 heteroatoms. The van der Waals surface area contributed by atoms with Gasteiger partial charge >= 0.3 is 0 Å². The second kappa shape index (κ2) is 8.55. The molecule has 2 aromatic rings. The van der Waals surface area contributed by atoms with Crippen LogP contribution in [0.1, 0.15) is 24.0 Å². The summed E-state index contributed by atoms with van der Waals surface area (Å²) in [5.74, 6) is 1.56. The molecule has 1 fully saturated rings. The highest BCUT2D eigenvalue weighted by atomic mass is 35.5. The minimum Gasteiger partial charge on any atom is -0.454 e. The predicted molar refractivity (Wildman–Crippen MR) is 114 cm³/mol. The van der Waals surface area contributed by atoms with E-state index in [1.165, 1.54) is 0 Å². The number of hydrogen-bond acceptors (Lipinski definition) is 4. The molecule has 1 saturated heterocycles. The molecule has 2 heterocycles. The summed E-state index contributed by atoms with van der Waals surface area (Å²) in [6.07, 6.45) is 2.33. The number of thiocarbonyl (C=S) groups is 1. The average molecular weight is 419 g/mol. The van der Waals surface area contributed by atoms with Crippen LogP contribution in [-0.4, -0.2) is 36.1 Å². The van der Waals surface area contributed by atoms with Crippen molar-refractivity contribution >= 4 is 34.6 Å². The summed E-state index contributed by atoms with van der Waals surface area (Å²) in [5.41, 5.74) is 3.11. The first-order valence-electron chi connectivity index (χ1n) is 9.41. The highest BCUT2D eigenvalue weighted by Gasteiger charge is 2.22. The molecule has 0 amide bonds. The summed E-state index contributed by atoms with van der Waals surface area (Å²) in [5, 5.41) is 4.69. The van der Waals surface area contributed by atoms with Gasteiger partial charge in [-0.2, -0.15) is 0 Å². The van der Waals surface area contributed by atoms with Crippen molar-refractivity contribution in [2.45, 2.75) is 32.4 Å². The number of benzene rings is 2. The summed E-state index contributed by atoms with van der Waals surface area (Å²) in [7, 11) is 0. The van der Waals surface area contributed by atoms with E-state index in [0.29, 0.717) is 16.7 Å². The van der Waals surface area contributed by atoms with Crippen molar-refractivity contribution < 1.29 is 14.2 Å². The first kappa shape index (κ1) is 19.3. The van der Waals surface area contributed by atoms with Crippen LogP contribution in [0.4, 0.5) is 5.69 Å². The number of halogens is 1. The maximum atomic E-state index is 6.16. The number of nitrogens with one attached hydrogen (secondary N) is 1. The smallest absolute Gasteiger partial charge is 0.231 e. The second-order valence-electron chi connectivity index (χ2n) is 7.09. The van der Waals surface area contributed by atoms with E-state index in [0.717, 1.165) is 54.3 Å². The zero-order valence-electron chi connectivity index (χ0n) is 15.7.